The Labute approximate surface area is 119 Å². The summed E-state index contributed by atoms with van der Waals surface area (Å²) >= 11 is 0. The van der Waals surface area contributed by atoms with Crippen LogP contribution in [0.4, 0.5) is 4.39 Å². The Kier molecular flexibility index (Phi) is 6.47. The maximum Gasteiger partial charge on any atom is 0.191 e. The third kappa shape index (κ3) is 3.94. The molecule has 3 atom stereocenters. The molecule has 0 spiro atoms. The molecule has 4 nitrogen and oxygen atoms in total. The number of hydrogen-bond donors (Lipinski definition) is 2. The van der Waals surface area contributed by atoms with Gasteiger partial charge in [-0.2, -0.15) is 0 Å². The maximum atomic E-state index is 12.0. The van der Waals surface area contributed by atoms with E-state index in [2.05, 4.69) is 15.6 Å². The molecule has 0 radical (unpaired) electrons. The van der Waals surface area contributed by atoms with Crippen molar-refractivity contribution in [2.24, 2.45) is 4.99 Å². The second-order valence-corrected chi connectivity index (χ2v) is 4.40. The summed E-state index contributed by atoms with van der Waals surface area (Å²) in [4.78, 5) is 4.12. The van der Waals surface area contributed by atoms with Crippen LogP contribution < -0.4 is 10.6 Å². The molecule has 2 N–H and O–H groups in total. The lowest BCUT2D eigenvalue weighted by Crippen LogP contribution is -2.47. The first-order valence-corrected chi connectivity index (χ1v) is 6.02. The average molecular weight is 357 g/mol. The minimum absolute atomic E-state index is 0. The van der Waals surface area contributed by atoms with Crippen molar-refractivity contribution in [3.05, 3.63) is 0 Å². The first-order valence-electron chi connectivity index (χ1n) is 6.02. The van der Waals surface area contributed by atoms with Crippen molar-refractivity contribution in [2.45, 2.75) is 43.9 Å². The molecule has 2 aliphatic rings. The van der Waals surface area contributed by atoms with E-state index < -0.39 is 0 Å². The molecular weight excluding hydrogens is 336 g/mol. The van der Waals surface area contributed by atoms with Crippen LogP contribution in [0.15, 0.2) is 4.99 Å². The van der Waals surface area contributed by atoms with E-state index in [1.807, 2.05) is 0 Å². The van der Waals surface area contributed by atoms with Gasteiger partial charge in [0.1, 0.15) is 0 Å². The Morgan fingerprint density at radius 3 is 2.82 bits per heavy atom. The number of nitrogens with zero attached hydrogens (tertiary/aromatic N) is 1. The summed E-state index contributed by atoms with van der Waals surface area (Å²) in [6, 6.07) is 0.371. The van der Waals surface area contributed by atoms with Gasteiger partial charge in [0.15, 0.2) is 5.96 Å². The summed E-state index contributed by atoms with van der Waals surface area (Å²) in [6.07, 6.45) is 4.69. The number of nitrogens with one attached hydrogen (secondary N) is 2. The number of rotatable bonds is 4. The molecule has 0 aromatic carbocycles. The Hall–Kier alpha value is -0.110. The highest BCUT2D eigenvalue weighted by Crippen LogP contribution is 2.34. The third-order valence-electron chi connectivity index (χ3n) is 3.25. The number of ether oxygens (including phenoxy) is 1. The average Bonchev–Trinajstić information content (AvgIpc) is 2.89. The van der Waals surface area contributed by atoms with Gasteiger partial charge >= 0.3 is 0 Å². The van der Waals surface area contributed by atoms with E-state index in [4.69, 9.17) is 4.74 Å². The Balaban J connectivity index is 0.00000144. The van der Waals surface area contributed by atoms with Crippen molar-refractivity contribution >= 4 is 29.9 Å². The number of alkyl halides is 1. The summed E-state index contributed by atoms with van der Waals surface area (Å²) < 4.78 is 17.7. The standard InChI is InChI=1S/C11H20FN3O.HI/c1-13-11(14-6-2-5-12)15-9-7-8-3-4-10(9)16-8;/h8-10H,2-7H2,1H3,(H2,13,14,15);1H. The lowest BCUT2D eigenvalue weighted by atomic mass is 9.96. The molecule has 2 bridgehead atoms. The van der Waals surface area contributed by atoms with Crippen LogP contribution in [0.2, 0.25) is 0 Å². The summed E-state index contributed by atoms with van der Waals surface area (Å²) in [5.41, 5.74) is 0. The van der Waals surface area contributed by atoms with Gasteiger partial charge in [0.2, 0.25) is 0 Å². The molecule has 2 heterocycles. The summed E-state index contributed by atoms with van der Waals surface area (Å²) in [5.74, 6) is 0.759. The highest BCUT2D eigenvalue weighted by atomic mass is 127. The molecule has 0 aromatic heterocycles. The van der Waals surface area contributed by atoms with Crippen molar-refractivity contribution in [1.29, 1.82) is 0 Å². The summed E-state index contributed by atoms with van der Waals surface area (Å²) in [5, 5.41) is 6.45. The fraction of sp³-hybridized carbons (Fsp3) is 0.909. The number of aliphatic imine (C=N–C) groups is 1. The number of hydrogen-bond acceptors (Lipinski definition) is 2. The largest absolute Gasteiger partial charge is 0.373 e. The van der Waals surface area contributed by atoms with Crippen molar-refractivity contribution in [3.63, 3.8) is 0 Å². The molecule has 3 unspecified atom stereocenters. The van der Waals surface area contributed by atoms with Gasteiger partial charge in [0, 0.05) is 13.6 Å². The molecule has 0 saturated carbocycles. The highest BCUT2D eigenvalue weighted by Gasteiger charge is 2.40. The Morgan fingerprint density at radius 2 is 2.29 bits per heavy atom. The van der Waals surface area contributed by atoms with Crippen LogP contribution >= 0.6 is 24.0 Å². The van der Waals surface area contributed by atoms with Crippen LogP contribution in [0.5, 0.6) is 0 Å². The lowest BCUT2D eigenvalue weighted by Gasteiger charge is -2.22. The van der Waals surface area contributed by atoms with E-state index in [1.54, 1.807) is 7.05 Å². The van der Waals surface area contributed by atoms with E-state index in [0.717, 1.165) is 18.8 Å². The predicted octanol–water partition coefficient (Wildman–Crippen LogP) is 1.45. The van der Waals surface area contributed by atoms with Gasteiger partial charge in [0.05, 0.1) is 24.9 Å². The molecule has 100 valence electrons. The zero-order valence-electron chi connectivity index (χ0n) is 10.1. The van der Waals surface area contributed by atoms with Gasteiger partial charge in [-0.25, -0.2) is 0 Å². The van der Waals surface area contributed by atoms with E-state index in [0.29, 0.717) is 31.2 Å². The topological polar surface area (TPSA) is 45.7 Å². The third-order valence-corrected chi connectivity index (χ3v) is 3.25. The van der Waals surface area contributed by atoms with E-state index in [-0.39, 0.29) is 30.7 Å². The smallest absolute Gasteiger partial charge is 0.191 e. The van der Waals surface area contributed by atoms with Gasteiger partial charge in [-0.3, -0.25) is 9.38 Å². The minimum Gasteiger partial charge on any atom is -0.373 e. The van der Waals surface area contributed by atoms with Gasteiger partial charge in [-0.15, -0.1) is 24.0 Å². The number of halogens is 2. The monoisotopic (exact) mass is 357 g/mol. The molecular formula is C11H21FIN3O. The summed E-state index contributed by atoms with van der Waals surface area (Å²) in [6.45, 7) is 0.332. The van der Waals surface area contributed by atoms with E-state index in [9.17, 15) is 4.39 Å². The van der Waals surface area contributed by atoms with Gasteiger partial charge < -0.3 is 15.4 Å². The van der Waals surface area contributed by atoms with Gasteiger partial charge in [-0.05, 0) is 25.7 Å². The van der Waals surface area contributed by atoms with E-state index in [1.165, 1.54) is 6.42 Å². The zero-order valence-corrected chi connectivity index (χ0v) is 12.4. The van der Waals surface area contributed by atoms with Crippen molar-refractivity contribution in [3.8, 4) is 0 Å². The fourth-order valence-electron chi connectivity index (χ4n) is 2.43. The van der Waals surface area contributed by atoms with E-state index >= 15 is 0 Å². The van der Waals surface area contributed by atoms with Crippen LogP contribution in [0.25, 0.3) is 0 Å². The Bertz CT molecular complexity index is 265. The second-order valence-electron chi connectivity index (χ2n) is 4.40. The molecule has 6 heteroatoms. The SMILES string of the molecule is CN=C(NCCCF)NC1CC2CCC1O2.I. The first-order chi connectivity index (χ1) is 7.83. The van der Waals surface area contributed by atoms with Gasteiger partial charge in [0.25, 0.3) is 0 Å². The van der Waals surface area contributed by atoms with Crippen molar-refractivity contribution in [1.82, 2.24) is 10.6 Å². The van der Waals surface area contributed by atoms with Crippen molar-refractivity contribution in [2.75, 3.05) is 20.3 Å². The molecule has 2 aliphatic heterocycles. The normalized spacial score (nSPS) is 31.2. The zero-order chi connectivity index (χ0) is 11.4. The summed E-state index contributed by atoms with van der Waals surface area (Å²) in [7, 11) is 1.73. The molecule has 0 aromatic rings. The molecule has 17 heavy (non-hydrogen) atoms. The van der Waals surface area contributed by atoms with Crippen LogP contribution in [0, 0.1) is 0 Å². The first kappa shape index (κ1) is 14.9. The van der Waals surface area contributed by atoms with Crippen LogP contribution in [-0.2, 0) is 4.74 Å². The number of fused-ring (bicyclic) bond motifs is 2. The molecule has 0 aliphatic carbocycles. The number of guanidine groups is 1. The fourth-order valence-corrected chi connectivity index (χ4v) is 2.43. The van der Waals surface area contributed by atoms with Crippen molar-refractivity contribution < 1.29 is 9.13 Å². The maximum absolute atomic E-state index is 12.0. The molecule has 0 amide bonds. The quantitative estimate of drug-likeness (QED) is 0.347. The molecule has 2 fully saturated rings. The molecule has 2 saturated heterocycles. The Morgan fingerprint density at radius 1 is 1.47 bits per heavy atom. The van der Waals surface area contributed by atoms with Crippen LogP contribution in [-0.4, -0.2) is 44.5 Å². The highest BCUT2D eigenvalue weighted by molar-refractivity contribution is 14.0. The lowest BCUT2D eigenvalue weighted by molar-refractivity contribution is 0.0992. The van der Waals surface area contributed by atoms with Crippen LogP contribution in [0.3, 0.4) is 0 Å². The second kappa shape index (κ2) is 7.35. The van der Waals surface area contributed by atoms with Gasteiger partial charge in [-0.1, -0.05) is 0 Å². The molecule has 2 rings (SSSR count). The minimum atomic E-state index is -0.290. The predicted molar refractivity (Wildman–Crippen MR) is 76.8 cm³/mol. The van der Waals surface area contributed by atoms with Crippen LogP contribution in [0.1, 0.15) is 25.7 Å².